The monoisotopic (exact) mass is 280 g/mol. The molecule has 16 heavy (non-hydrogen) atoms. The summed E-state index contributed by atoms with van der Waals surface area (Å²) in [7, 11) is 0. The van der Waals surface area contributed by atoms with Crippen LogP contribution in [0.25, 0.3) is 17.1 Å². The molecule has 0 aliphatic rings. The van der Waals surface area contributed by atoms with Gasteiger partial charge in [-0.15, -0.1) is 0 Å². The van der Waals surface area contributed by atoms with Crippen LogP contribution in [-0.2, 0) is 4.79 Å². The minimum Gasteiger partial charge on any atom is -0.478 e. The molecule has 0 saturated heterocycles. The third-order valence-corrected chi connectivity index (χ3v) is 2.60. The normalized spacial score (nSPS) is 11.4. The Kier molecular flexibility index (Phi) is 2.78. The molecule has 1 heterocycles. The minimum absolute atomic E-state index is 0.540. The van der Waals surface area contributed by atoms with Gasteiger partial charge in [0.25, 0.3) is 0 Å². The van der Waals surface area contributed by atoms with E-state index in [2.05, 4.69) is 25.9 Å². The minimum atomic E-state index is -0.988. The predicted molar refractivity (Wildman–Crippen MR) is 65.2 cm³/mol. The number of imidazole rings is 1. The van der Waals surface area contributed by atoms with E-state index < -0.39 is 5.97 Å². The molecule has 4 nitrogen and oxygen atoms in total. The Morgan fingerprint density at radius 1 is 1.56 bits per heavy atom. The molecule has 0 saturated carbocycles. The van der Waals surface area contributed by atoms with Crippen LogP contribution in [0.15, 0.2) is 22.7 Å². The molecule has 2 aromatic rings. The molecular formula is C11H9BrN2O2. The number of nitrogens with zero attached hydrogens (tertiary/aromatic N) is 1. The third-order valence-electron chi connectivity index (χ3n) is 2.14. The SMILES string of the molecule is Cc1cc(Br)cc2[nH]c(/C=C/C(=O)O)nc12. The first-order chi connectivity index (χ1) is 7.56. The van der Waals surface area contributed by atoms with E-state index in [1.165, 1.54) is 6.08 Å². The predicted octanol–water partition coefficient (Wildman–Crippen LogP) is 2.73. The van der Waals surface area contributed by atoms with Crippen molar-refractivity contribution in [3.8, 4) is 0 Å². The van der Waals surface area contributed by atoms with Crippen molar-refractivity contribution in [1.29, 1.82) is 0 Å². The number of fused-ring (bicyclic) bond motifs is 1. The average Bonchev–Trinajstić information content (AvgIpc) is 2.57. The van der Waals surface area contributed by atoms with Crippen LogP contribution in [-0.4, -0.2) is 21.0 Å². The fourth-order valence-corrected chi connectivity index (χ4v) is 2.07. The number of hydrogen-bond acceptors (Lipinski definition) is 2. The number of H-pyrrole nitrogens is 1. The highest BCUT2D eigenvalue weighted by atomic mass is 79.9. The Balaban J connectivity index is 2.52. The van der Waals surface area contributed by atoms with Gasteiger partial charge in [-0.3, -0.25) is 0 Å². The zero-order chi connectivity index (χ0) is 11.7. The molecule has 0 fully saturated rings. The van der Waals surface area contributed by atoms with E-state index in [0.29, 0.717) is 5.82 Å². The molecule has 0 atom stereocenters. The van der Waals surface area contributed by atoms with E-state index in [1.54, 1.807) is 0 Å². The van der Waals surface area contributed by atoms with E-state index in [0.717, 1.165) is 27.1 Å². The number of benzene rings is 1. The largest absolute Gasteiger partial charge is 0.478 e. The van der Waals surface area contributed by atoms with Gasteiger partial charge in [-0.05, 0) is 30.7 Å². The van der Waals surface area contributed by atoms with Crippen molar-refractivity contribution in [2.45, 2.75) is 6.92 Å². The number of aromatic amines is 1. The van der Waals surface area contributed by atoms with Crippen molar-refractivity contribution in [2.75, 3.05) is 0 Å². The first-order valence-electron chi connectivity index (χ1n) is 4.63. The van der Waals surface area contributed by atoms with Gasteiger partial charge in [-0.1, -0.05) is 15.9 Å². The van der Waals surface area contributed by atoms with Crippen LogP contribution in [0.3, 0.4) is 0 Å². The van der Waals surface area contributed by atoms with Gasteiger partial charge in [0.1, 0.15) is 5.82 Å². The molecule has 1 aromatic carbocycles. The number of carboxylic acid groups (broad SMARTS) is 1. The maximum absolute atomic E-state index is 10.4. The molecule has 0 amide bonds. The smallest absolute Gasteiger partial charge is 0.328 e. The van der Waals surface area contributed by atoms with Crippen molar-refractivity contribution in [3.05, 3.63) is 34.1 Å². The summed E-state index contributed by atoms with van der Waals surface area (Å²) in [5, 5.41) is 8.51. The Labute approximate surface area is 100 Å². The zero-order valence-corrected chi connectivity index (χ0v) is 10.1. The first kappa shape index (κ1) is 10.9. The van der Waals surface area contributed by atoms with E-state index in [-0.39, 0.29) is 0 Å². The van der Waals surface area contributed by atoms with Gasteiger partial charge in [0.15, 0.2) is 0 Å². The molecule has 0 bridgehead atoms. The van der Waals surface area contributed by atoms with Crippen molar-refractivity contribution in [2.24, 2.45) is 0 Å². The van der Waals surface area contributed by atoms with Gasteiger partial charge in [0, 0.05) is 10.5 Å². The number of aryl methyl sites for hydroxylation is 1. The summed E-state index contributed by atoms with van der Waals surface area (Å²) in [5.74, 6) is -0.447. The summed E-state index contributed by atoms with van der Waals surface area (Å²) in [5.41, 5.74) is 2.78. The van der Waals surface area contributed by atoms with Crippen LogP contribution in [0.1, 0.15) is 11.4 Å². The van der Waals surface area contributed by atoms with Crippen LogP contribution in [0.4, 0.5) is 0 Å². The summed E-state index contributed by atoms with van der Waals surface area (Å²) >= 11 is 3.39. The average molecular weight is 281 g/mol. The Bertz CT molecular complexity index is 587. The summed E-state index contributed by atoms with van der Waals surface area (Å²) < 4.78 is 0.968. The summed E-state index contributed by atoms with van der Waals surface area (Å²) in [6, 6.07) is 3.88. The number of carboxylic acids is 1. The summed E-state index contributed by atoms with van der Waals surface area (Å²) in [6.45, 7) is 1.96. The van der Waals surface area contributed by atoms with Crippen molar-refractivity contribution < 1.29 is 9.90 Å². The first-order valence-corrected chi connectivity index (χ1v) is 5.42. The van der Waals surface area contributed by atoms with Crippen LogP contribution >= 0.6 is 15.9 Å². The van der Waals surface area contributed by atoms with Gasteiger partial charge in [-0.2, -0.15) is 0 Å². The fourth-order valence-electron chi connectivity index (χ4n) is 1.49. The van der Waals surface area contributed by atoms with Gasteiger partial charge < -0.3 is 10.1 Å². The number of rotatable bonds is 2. The topological polar surface area (TPSA) is 66.0 Å². The molecule has 2 N–H and O–H groups in total. The highest BCUT2D eigenvalue weighted by Crippen LogP contribution is 2.22. The highest BCUT2D eigenvalue weighted by Gasteiger charge is 2.04. The summed E-state index contributed by atoms with van der Waals surface area (Å²) in [6.07, 6.45) is 2.50. The maximum atomic E-state index is 10.4. The van der Waals surface area contributed by atoms with Gasteiger partial charge >= 0.3 is 5.97 Å². The molecule has 0 aliphatic carbocycles. The zero-order valence-electron chi connectivity index (χ0n) is 8.49. The van der Waals surface area contributed by atoms with Crippen LogP contribution in [0, 0.1) is 6.92 Å². The van der Waals surface area contributed by atoms with E-state index in [9.17, 15) is 4.79 Å². The van der Waals surface area contributed by atoms with Crippen LogP contribution in [0.2, 0.25) is 0 Å². The quantitative estimate of drug-likeness (QED) is 0.832. The molecular weight excluding hydrogens is 272 g/mol. The van der Waals surface area contributed by atoms with Crippen molar-refractivity contribution in [3.63, 3.8) is 0 Å². The molecule has 1 aromatic heterocycles. The number of aliphatic carboxylic acids is 1. The van der Waals surface area contributed by atoms with E-state index >= 15 is 0 Å². The number of aromatic nitrogens is 2. The number of hydrogen-bond donors (Lipinski definition) is 2. The highest BCUT2D eigenvalue weighted by molar-refractivity contribution is 9.10. The maximum Gasteiger partial charge on any atom is 0.328 e. The lowest BCUT2D eigenvalue weighted by atomic mass is 10.2. The van der Waals surface area contributed by atoms with Gasteiger partial charge in [0.2, 0.25) is 0 Å². The molecule has 82 valence electrons. The Morgan fingerprint density at radius 2 is 2.31 bits per heavy atom. The third kappa shape index (κ3) is 2.14. The van der Waals surface area contributed by atoms with E-state index in [4.69, 9.17) is 5.11 Å². The lowest BCUT2D eigenvalue weighted by molar-refractivity contribution is -0.131. The molecule has 5 heteroatoms. The molecule has 0 aliphatic heterocycles. The second kappa shape index (κ2) is 4.09. The van der Waals surface area contributed by atoms with E-state index in [1.807, 2.05) is 19.1 Å². The van der Waals surface area contributed by atoms with Crippen molar-refractivity contribution >= 4 is 39.0 Å². The molecule has 0 spiro atoms. The molecule has 2 rings (SSSR count). The van der Waals surface area contributed by atoms with Crippen LogP contribution in [0.5, 0.6) is 0 Å². The fraction of sp³-hybridized carbons (Fsp3) is 0.0909. The van der Waals surface area contributed by atoms with Crippen LogP contribution < -0.4 is 0 Å². The molecule has 0 unspecified atom stereocenters. The lowest BCUT2D eigenvalue weighted by Crippen LogP contribution is -1.86. The second-order valence-corrected chi connectivity index (χ2v) is 4.33. The number of halogens is 1. The van der Waals surface area contributed by atoms with Crippen molar-refractivity contribution in [1.82, 2.24) is 9.97 Å². The van der Waals surface area contributed by atoms with Gasteiger partial charge in [-0.25, -0.2) is 9.78 Å². The van der Waals surface area contributed by atoms with Gasteiger partial charge in [0.05, 0.1) is 11.0 Å². The standard InChI is InChI=1S/C11H9BrN2O2/c1-6-4-7(12)5-8-11(6)14-9(13-8)2-3-10(15)16/h2-5H,1H3,(H,13,14)(H,15,16)/b3-2+. The Morgan fingerprint density at radius 3 is 3.00 bits per heavy atom. The molecule has 0 radical (unpaired) electrons. The Hall–Kier alpha value is -1.62. The summed E-state index contributed by atoms with van der Waals surface area (Å²) in [4.78, 5) is 17.7. The lowest BCUT2D eigenvalue weighted by Gasteiger charge is -1.94. The number of nitrogens with one attached hydrogen (secondary N) is 1. The second-order valence-electron chi connectivity index (χ2n) is 3.41. The number of carbonyl (C=O) groups is 1.